The zero-order valence-corrected chi connectivity index (χ0v) is 8.40. The van der Waals surface area contributed by atoms with E-state index in [2.05, 4.69) is 0 Å². The van der Waals surface area contributed by atoms with Crippen molar-refractivity contribution >= 4 is 0 Å². The number of hydrogen-bond acceptors (Lipinski definition) is 2. The first-order valence-corrected chi connectivity index (χ1v) is 4.46. The molecule has 0 atom stereocenters. The van der Waals surface area contributed by atoms with Crippen LogP contribution in [-0.2, 0) is 0 Å². The summed E-state index contributed by atoms with van der Waals surface area (Å²) in [5.74, 6) is -3.80. The predicted molar refractivity (Wildman–Crippen MR) is 50.1 cm³/mol. The van der Waals surface area contributed by atoms with E-state index in [0.29, 0.717) is 6.42 Å². The largest absolute Gasteiger partial charge is 0.400 e. The minimum Gasteiger partial charge on any atom is -0.400 e. The Hall–Kier alpha value is -0.800. The van der Waals surface area contributed by atoms with Crippen molar-refractivity contribution in [2.75, 3.05) is 0 Å². The van der Waals surface area contributed by atoms with E-state index < -0.39 is 17.5 Å². The van der Waals surface area contributed by atoms with E-state index in [1.807, 2.05) is 6.92 Å². The van der Waals surface area contributed by atoms with Gasteiger partial charge in [0.2, 0.25) is 0 Å². The highest BCUT2D eigenvalue weighted by Gasteiger charge is 2.37. The lowest BCUT2D eigenvalue weighted by Crippen LogP contribution is -2.34. The minimum absolute atomic E-state index is 0.112. The van der Waals surface area contributed by atoms with Crippen LogP contribution in [0.25, 0.3) is 0 Å². The summed E-state index contributed by atoms with van der Waals surface area (Å²) in [4.78, 5) is 0. The summed E-state index contributed by atoms with van der Waals surface area (Å²) < 4.78 is 26.5. The van der Waals surface area contributed by atoms with Gasteiger partial charge in [0.15, 0.2) is 0 Å². The van der Waals surface area contributed by atoms with Gasteiger partial charge in [0.25, 0.3) is 5.92 Å². The van der Waals surface area contributed by atoms with Crippen LogP contribution >= 0.6 is 0 Å². The fourth-order valence-corrected chi connectivity index (χ4v) is 0.929. The van der Waals surface area contributed by atoms with Gasteiger partial charge in [0.1, 0.15) is 0 Å². The highest BCUT2D eigenvalue weighted by atomic mass is 19.3. The lowest BCUT2D eigenvalue weighted by Gasteiger charge is -2.22. The Bertz CT molecular complexity index is 198. The third kappa shape index (κ3) is 2.86. The number of hydrogen-bond donors (Lipinski definition) is 2. The maximum atomic E-state index is 13.3. The average molecular weight is 192 g/mol. The summed E-state index contributed by atoms with van der Waals surface area (Å²) in [6.45, 7) is 4.71. The van der Waals surface area contributed by atoms with Crippen LogP contribution in [0.1, 0.15) is 33.6 Å². The van der Waals surface area contributed by atoms with Crippen molar-refractivity contribution in [3.63, 3.8) is 0 Å². The molecule has 4 heteroatoms. The van der Waals surface area contributed by atoms with Crippen LogP contribution in [0, 0.1) is 5.92 Å². The molecule has 4 N–H and O–H groups in total. The predicted octanol–water partition coefficient (Wildman–Crippen LogP) is 2.21. The molecule has 0 bridgehead atoms. The molecule has 0 aliphatic rings. The van der Waals surface area contributed by atoms with Gasteiger partial charge in [-0.05, 0) is 6.42 Å². The SMILES string of the molecule is CCC/C(N)=C(/N)C(F)(F)C(C)C. The maximum absolute atomic E-state index is 13.3. The summed E-state index contributed by atoms with van der Waals surface area (Å²) in [6.07, 6.45) is 1.15. The van der Waals surface area contributed by atoms with E-state index in [1.54, 1.807) is 0 Å². The lowest BCUT2D eigenvalue weighted by atomic mass is 10.0. The quantitative estimate of drug-likeness (QED) is 0.717. The zero-order chi connectivity index (χ0) is 10.6. The van der Waals surface area contributed by atoms with Gasteiger partial charge in [-0.2, -0.15) is 8.78 Å². The van der Waals surface area contributed by atoms with Crippen molar-refractivity contribution in [3.8, 4) is 0 Å². The second-order valence-corrected chi connectivity index (χ2v) is 3.47. The zero-order valence-electron chi connectivity index (χ0n) is 8.40. The van der Waals surface area contributed by atoms with Crippen LogP contribution in [0.4, 0.5) is 8.78 Å². The third-order valence-corrected chi connectivity index (χ3v) is 1.95. The number of halogens is 2. The minimum atomic E-state index is -2.99. The number of allylic oxidation sites excluding steroid dienone is 2. The Labute approximate surface area is 78.0 Å². The van der Waals surface area contributed by atoms with Crippen molar-refractivity contribution in [1.82, 2.24) is 0 Å². The van der Waals surface area contributed by atoms with E-state index in [1.165, 1.54) is 13.8 Å². The molecule has 13 heavy (non-hydrogen) atoms. The Morgan fingerprint density at radius 3 is 2.08 bits per heavy atom. The maximum Gasteiger partial charge on any atom is 0.290 e. The molecule has 0 heterocycles. The first-order valence-electron chi connectivity index (χ1n) is 4.46. The molecule has 0 aromatic carbocycles. The Morgan fingerprint density at radius 1 is 1.31 bits per heavy atom. The standard InChI is InChI=1S/C9H18F2N2/c1-4-5-7(12)8(13)9(10,11)6(2)3/h6H,4-5,12-13H2,1-3H3/b8-7-. The molecule has 0 radical (unpaired) electrons. The van der Waals surface area contributed by atoms with Crippen LogP contribution in [0.2, 0.25) is 0 Å². The van der Waals surface area contributed by atoms with Crippen LogP contribution in [0.3, 0.4) is 0 Å². The molecule has 2 nitrogen and oxygen atoms in total. The van der Waals surface area contributed by atoms with Gasteiger partial charge in [0, 0.05) is 11.6 Å². The van der Waals surface area contributed by atoms with Gasteiger partial charge in [-0.1, -0.05) is 27.2 Å². The Balaban J connectivity index is 4.73. The molecule has 0 aromatic heterocycles. The molecular formula is C9H18F2N2. The highest BCUT2D eigenvalue weighted by molar-refractivity contribution is 5.16. The molecule has 0 rings (SSSR count). The van der Waals surface area contributed by atoms with Crippen LogP contribution in [-0.4, -0.2) is 5.92 Å². The third-order valence-electron chi connectivity index (χ3n) is 1.95. The van der Waals surface area contributed by atoms with E-state index in [-0.39, 0.29) is 5.70 Å². The Morgan fingerprint density at radius 2 is 1.77 bits per heavy atom. The smallest absolute Gasteiger partial charge is 0.290 e. The van der Waals surface area contributed by atoms with Crippen molar-refractivity contribution in [1.29, 1.82) is 0 Å². The van der Waals surface area contributed by atoms with Crippen LogP contribution < -0.4 is 11.5 Å². The van der Waals surface area contributed by atoms with E-state index >= 15 is 0 Å². The fourth-order valence-electron chi connectivity index (χ4n) is 0.929. The first-order chi connectivity index (χ1) is 5.84. The van der Waals surface area contributed by atoms with Crippen molar-refractivity contribution < 1.29 is 8.78 Å². The number of nitrogens with two attached hydrogens (primary N) is 2. The summed E-state index contributed by atoms with van der Waals surface area (Å²) in [5, 5.41) is 0. The monoisotopic (exact) mass is 192 g/mol. The highest BCUT2D eigenvalue weighted by Crippen LogP contribution is 2.30. The Kier molecular flexibility index (Phi) is 4.17. The molecule has 0 saturated heterocycles. The average Bonchev–Trinajstić information content (AvgIpc) is 2.03. The van der Waals surface area contributed by atoms with Gasteiger partial charge in [0.05, 0.1) is 5.70 Å². The first kappa shape index (κ1) is 12.2. The summed E-state index contributed by atoms with van der Waals surface area (Å²) in [6, 6.07) is 0. The van der Waals surface area contributed by atoms with Gasteiger partial charge < -0.3 is 11.5 Å². The van der Waals surface area contributed by atoms with Crippen molar-refractivity contribution in [3.05, 3.63) is 11.4 Å². The van der Waals surface area contributed by atoms with Crippen LogP contribution in [0.15, 0.2) is 11.4 Å². The van der Waals surface area contributed by atoms with Crippen molar-refractivity contribution in [2.45, 2.75) is 39.5 Å². The molecule has 0 unspecified atom stereocenters. The van der Waals surface area contributed by atoms with Gasteiger partial charge in [-0.15, -0.1) is 0 Å². The molecule has 0 amide bonds. The molecule has 0 aromatic rings. The van der Waals surface area contributed by atoms with Gasteiger partial charge in [-0.25, -0.2) is 0 Å². The van der Waals surface area contributed by atoms with Crippen molar-refractivity contribution in [2.24, 2.45) is 17.4 Å². The molecular weight excluding hydrogens is 174 g/mol. The molecule has 0 saturated carbocycles. The molecule has 0 fully saturated rings. The lowest BCUT2D eigenvalue weighted by molar-refractivity contribution is -0.00903. The normalized spacial score (nSPS) is 14.6. The second kappa shape index (κ2) is 4.44. The fraction of sp³-hybridized carbons (Fsp3) is 0.778. The second-order valence-electron chi connectivity index (χ2n) is 3.47. The van der Waals surface area contributed by atoms with Gasteiger partial charge >= 0.3 is 0 Å². The molecule has 0 aliphatic carbocycles. The topological polar surface area (TPSA) is 52.0 Å². The number of alkyl halides is 2. The summed E-state index contributed by atoms with van der Waals surface area (Å²) >= 11 is 0. The van der Waals surface area contributed by atoms with Crippen LogP contribution in [0.5, 0.6) is 0 Å². The van der Waals surface area contributed by atoms with E-state index in [0.717, 1.165) is 6.42 Å². The summed E-state index contributed by atoms with van der Waals surface area (Å²) in [5.41, 5.74) is 10.4. The van der Waals surface area contributed by atoms with E-state index in [4.69, 9.17) is 11.5 Å². The van der Waals surface area contributed by atoms with Gasteiger partial charge in [-0.3, -0.25) is 0 Å². The molecule has 0 aliphatic heterocycles. The summed E-state index contributed by atoms with van der Waals surface area (Å²) in [7, 11) is 0. The van der Waals surface area contributed by atoms with E-state index in [9.17, 15) is 8.78 Å². The number of rotatable bonds is 4. The molecule has 0 spiro atoms. The molecule has 78 valence electrons.